The zero-order chi connectivity index (χ0) is 20.7. The number of aromatic nitrogens is 2. The molecule has 0 saturated carbocycles. The first kappa shape index (κ1) is 21.5. The van der Waals surface area contributed by atoms with Gasteiger partial charge >= 0.3 is 6.15 Å². The summed E-state index contributed by atoms with van der Waals surface area (Å²) in [7, 11) is 0. The van der Waals surface area contributed by atoms with Gasteiger partial charge in [0, 0.05) is 11.8 Å². The van der Waals surface area contributed by atoms with Crippen LogP contribution in [0.15, 0.2) is 29.1 Å². The predicted octanol–water partition coefficient (Wildman–Crippen LogP) is 2.39. The molecule has 2 aromatic carbocycles. The summed E-state index contributed by atoms with van der Waals surface area (Å²) in [6, 6.07) is 5.75. The summed E-state index contributed by atoms with van der Waals surface area (Å²) in [5, 5.41) is 0.345. The van der Waals surface area contributed by atoms with E-state index >= 15 is 0 Å². The van der Waals surface area contributed by atoms with Gasteiger partial charge in [-0.05, 0) is 49.6 Å². The number of carbonyl (C=O) groups excluding carboxylic acids is 2. The van der Waals surface area contributed by atoms with Gasteiger partial charge in [0.25, 0.3) is 5.56 Å². The average molecular weight is 376 g/mol. The number of hydrogen-bond donors (Lipinski definition) is 3. The Morgan fingerprint density at radius 1 is 0.926 bits per heavy atom. The number of nitrogens with zero attached hydrogens (tertiary/aromatic N) is 1. The molecule has 0 aliphatic heterocycles. The van der Waals surface area contributed by atoms with Crippen molar-refractivity contribution in [2.24, 2.45) is 0 Å². The predicted molar refractivity (Wildman–Crippen MR) is 96.8 cm³/mol. The van der Waals surface area contributed by atoms with Crippen LogP contribution in [0.2, 0.25) is 0 Å². The molecule has 1 aromatic heterocycles. The molecule has 0 aliphatic carbocycles. The van der Waals surface area contributed by atoms with Gasteiger partial charge in [0.2, 0.25) is 5.95 Å². The number of anilines is 2. The number of aryl methyl sites for hydroxylation is 3. The number of benzene rings is 2. The molecule has 1 heterocycles. The zero-order valence-corrected chi connectivity index (χ0v) is 14.9. The monoisotopic (exact) mass is 376 g/mol. The summed E-state index contributed by atoms with van der Waals surface area (Å²) < 4.78 is 25.8. The van der Waals surface area contributed by atoms with Crippen LogP contribution in [0.25, 0.3) is 10.9 Å². The molecule has 9 heteroatoms. The van der Waals surface area contributed by atoms with Crippen molar-refractivity contribution in [2.75, 3.05) is 11.5 Å². The van der Waals surface area contributed by atoms with Crippen LogP contribution < -0.4 is 17.0 Å². The minimum atomic E-state index is -0.394. The van der Waals surface area contributed by atoms with Crippen molar-refractivity contribution in [3.63, 3.8) is 0 Å². The molecular weight excluding hydrogens is 358 g/mol. The number of nitrogen functional groups attached to an aromatic ring is 2. The highest BCUT2D eigenvalue weighted by Gasteiger charge is 2.05. The van der Waals surface area contributed by atoms with E-state index in [0.29, 0.717) is 22.2 Å². The summed E-state index contributed by atoms with van der Waals surface area (Å²) >= 11 is 0. The van der Waals surface area contributed by atoms with Crippen molar-refractivity contribution in [1.82, 2.24) is 9.97 Å². The van der Waals surface area contributed by atoms with Crippen LogP contribution in [0.3, 0.4) is 0 Å². The SMILES string of the molecule is Cc1cc(C)c(F)cc1N.Cc1cc2c(=O)[nH]c(N)nc2cc1F.O=C=O. The minimum absolute atomic E-state index is 0.00856. The van der Waals surface area contributed by atoms with Gasteiger partial charge in [0.05, 0.1) is 10.9 Å². The Bertz CT molecular complexity index is 1010. The number of nitrogens with one attached hydrogen (secondary N) is 1. The molecule has 142 valence electrons. The molecule has 0 spiro atoms. The lowest BCUT2D eigenvalue weighted by Crippen LogP contribution is -2.11. The second-order valence-corrected chi connectivity index (χ2v) is 5.61. The van der Waals surface area contributed by atoms with E-state index in [0.717, 1.165) is 5.56 Å². The second kappa shape index (κ2) is 9.21. The van der Waals surface area contributed by atoms with E-state index < -0.39 is 5.82 Å². The Balaban J connectivity index is 0.000000246. The van der Waals surface area contributed by atoms with E-state index in [1.54, 1.807) is 19.9 Å². The third-order valence-corrected chi connectivity index (χ3v) is 3.55. The molecule has 0 fully saturated rings. The topological polar surface area (TPSA) is 132 Å². The maximum atomic E-state index is 13.1. The molecule has 0 unspecified atom stereocenters. The Morgan fingerprint density at radius 2 is 1.44 bits per heavy atom. The molecule has 0 bridgehead atoms. The Labute approximate surface area is 153 Å². The molecule has 5 N–H and O–H groups in total. The first-order valence-electron chi connectivity index (χ1n) is 7.57. The van der Waals surface area contributed by atoms with Crippen LogP contribution in [-0.4, -0.2) is 16.1 Å². The van der Waals surface area contributed by atoms with Gasteiger partial charge in [-0.3, -0.25) is 9.78 Å². The highest BCUT2D eigenvalue weighted by Crippen LogP contribution is 2.15. The normalized spacial score (nSPS) is 9.52. The van der Waals surface area contributed by atoms with Crippen LogP contribution in [0.4, 0.5) is 20.4 Å². The Hall–Kier alpha value is -3.58. The van der Waals surface area contributed by atoms with Crippen molar-refractivity contribution < 1.29 is 18.4 Å². The van der Waals surface area contributed by atoms with Crippen LogP contribution in [0.1, 0.15) is 16.7 Å². The fraction of sp³-hybridized carbons (Fsp3) is 0.167. The molecule has 3 rings (SSSR count). The van der Waals surface area contributed by atoms with Gasteiger partial charge in [-0.25, -0.2) is 13.8 Å². The molecule has 0 saturated heterocycles. The molecule has 7 nitrogen and oxygen atoms in total. The van der Waals surface area contributed by atoms with E-state index in [1.807, 2.05) is 6.92 Å². The van der Waals surface area contributed by atoms with Gasteiger partial charge in [-0.2, -0.15) is 9.59 Å². The maximum Gasteiger partial charge on any atom is 0.373 e. The van der Waals surface area contributed by atoms with Gasteiger partial charge in [0.1, 0.15) is 11.6 Å². The smallest absolute Gasteiger partial charge is 0.373 e. The van der Waals surface area contributed by atoms with Gasteiger partial charge < -0.3 is 11.5 Å². The summed E-state index contributed by atoms with van der Waals surface area (Å²) in [4.78, 5) is 33.8. The van der Waals surface area contributed by atoms with Crippen molar-refractivity contribution >= 4 is 28.7 Å². The van der Waals surface area contributed by atoms with Crippen LogP contribution in [0, 0.1) is 32.4 Å². The number of hydrogen-bond acceptors (Lipinski definition) is 6. The first-order chi connectivity index (χ1) is 12.6. The molecule has 3 aromatic rings. The van der Waals surface area contributed by atoms with Crippen LogP contribution in [0.5, 0.6) is 0 Å². The summed E-state index contributed by atoms with van der Waals surface area (Å²) in [5.41, 5.74) is 13.2. The third kappa shape index (κ3) is 5.72. The summed E-state index contributed by atoms with van der Waals surface area (Å²) in [6.45, 7) is 5.17. The molecule has 27 heavy (non-hydrogen) atoms. The van der Waals surface area contributed by atoms with E-state index in [4.69, 9.17) is 21.1 Å². The lowest BCUT2D eigenvalue weighted by Gasteiger charge is -2.01. The Kier molecular flexibility index (Phi) is 7.32. The van der Waals surface area contributed by atoms with Crippen molar-refractivity contribution in [3.8, 4) is 0 Å². The highest BCUT2D eigenvalue weighted by molar-refractivity contribution is 5.79. The molecule has 0 aliphatic rings. The lowest BCUT2D eigenvalue weighted by atomic mass is 10.1. The van der Waals surface area contributed by atoms with Gasteiger partial charge in [-0.1, -0.05) is 6.07 Å². The number of rotatable bonds is 0. The van der Waals surface area contributed by atoms with Crippen molar-refractivity contribution in [3.05, 3.63) is 62.9 Å². The first-order valence-corrected chi connectivity index (χ1v) is 7.57. The number of nitrogens with two attached hydrogens (primary N) is 2. The number of halogens is 2. The quantitative estimate of drug-likeness (QED) is 0.516. The summed E-state index contributed by atoms with van der Waals surface area (Å²) in [6.07, 6.45) is 0.250. The van der Waals surface area contributed by atoms with Crippen LogP contribution >= 0.6 is 0 Å². The lowest BCUT2D eigenvalue weighted by molar-refractivity contribution is -0.191. The Morgan fingerprint density at radius 3 is 2.00 bits per heavy atom. The minimum Gasteiger partial charge on any atom is -0.398 e. The number of fused-ring (bicyclic) bond motifs is 1. The van der Waals surface area contributed by atoms with Crippen LogP contribution in [-0.2, 0) is 9.59 Å². The van der Waals surface area contributed by atoms with Gasteiger partial charge in [-0.15, -0.1) is 0 Å². The maximum absolute atomic E-state index is 13.1. The molecule has 0 radical (unpaired) electrons. The van der Waals surface area contributed by atoms with E-state index in [-0.39, 0.29) is 29.0 Å². The zero-order valence-electron chi connectivity index (χ0n) is 14.9. The third-order valence-electron chi connectivity index (χ3n) is 3.55. The second-order valence-electron chi connectivity index (χ2n) is 5.61. The average Bonchev–Trinajstić information content (AvgIpc) is 2.56. The van der Waals surface area contributed by atoms with Crippen molar-refractivity contribution in [1.29, 1.82) is 0 Å². The standard InChI is InChI=1S/C9H8FN3O.C8H10FN.CO2/c1-4-2-5-7(3-6(4)10)12-9(11)13-8(5)14;1-5-3-6(2)8(10)4-7(5)9;2-1-3/h2-3H,1H3,(H3,11,12,13,14);3-4H,10H2,1-2H3;. The fourth-order valence-electron chi connectivity index (χ4n) is 2.13. The number of H-pyrrole nitrogens is 1. The van der Waals surface area contributed by atoms with E-state index in [2.05, 4.69) is 9.97 Å². The largest absolute Gasteiger partial charge is 0.398 e. The fourth-order valence-corrected chi connectivity index (χ4v) is 2.13. The molecule has 0 amide bonds. The van der Waals surface area contributed by atoms with E-state index in [1.165, 1.54) is 18.2 Å². The number of aromatic amines is 1. The summed E-state index contributed by atoms with van der Waals surface area (Å²) in [5.74, 6) is -0.635. The van der Waals surface area contributed by atoms with E-state index in [9.17, 15) is 13.6 Å². The van der Waals surface area contributed by atoms with Gasteiger partial charge in [0.15, 0.2) is 0 Å². The highest BCUT2D eigenvalue weighted by atomic mass is 19.1. The van der Waals surface area contributed by atoms with Crippen molar-refractivity contribution in [2.45, 2.75) is 20.8 Å². The molecule has 0 atom stereocenters. The molecular formula is C18H18F2N4O3.